The summed E-state index contributed by atoms with van der Waals surface area (Å²) in [6.45, 7) is 4.63. The van der Waals surface area contributed by atoms with Crippen LogP contribution in [-0.4, -0.2) is 25.2 Å². The molecule has 1 aliphatic rings. The third-order valence-corrected chi connectivity index (χ3v) is 5.63. The van der Waals surface area contributed by atoms with Gasteiger partial charge in [0.15, 0.2) is 0 Å². The van der Waals surface area contributed by atoms with Crippen LogP contribution in [0, 0.1) is 5.41 Å². The summed E-state index contributed by atoms with van der Waals surface area (Å²) in [5.74, 6) is -0.189. The van der Waals surface area contributed by atoms with E-state index in [4.69, 9.17) is 9.72 Å². The van der Waals surface area contributed by atoms with Crippen molar-refractivity contribution in [3.8, 4) is 0 Å². The molecule has 0 aliphatic heterocycles. The molecule has 0 atom stereocenters. The highest BCUT2D eigenvalue weighted by Gasteiger charge is 2.41. The fourth-order valence-electron chi connectivity index (χ4n) is 2.80. The molecule has 0 aromatic carbocycles. The molecule has 0 amide bonds. The maximum absolute atomic E-state index is 11.2. The van der Waals surface area contributed by atoms with Gasteiger partial charge in [-0.15, -0.1) is 11.3 Å². The summed E-state index contributed by atoms with van der Waals surface area (Å²) in [4.78, 5) is 15.9. The molecule has 1 saturated carbocycles. The van der Waals surface area contributed by atoms with Crippen molar-refractivity contribution >= 4 is 17.3 Å². The smallest absolute Gasteiger partial charge is 0.305 e. The van der Waals surface area contributed by atoms with Gasteiger partial charge in [0.1, 0.15) is 10.6 Å². The molecule has 0 radical (unpaired) electrons. The van der Waals surface area contributed by atoms with Crippen LogP contribution >= 0.6 is 11.3 Å². The Kier molecular flexibility index (Phi) is 5.04. The van der Waals surface area contributed by atoms with Crippen molar-refractivity contribution in [2.75, 3.05) is 14.2 Å². The van der Waals surface area contributed by atoms with Gasteiger partial charge in [0, 0.05) is 18.9 Å². The molecule has 1 aromatic rings. The first-order valence-electron chi connectivity index (χ1n) is 7.48. The fraction of sp³-hybridized carbons (Fsp3) is 0.750. The predicted octanol–water partition coefficient (Wildman–Crippen LogP) is 3.69. The SMILES string of the molecule is COC(=O)CCc1csc(C2(OC)CCC(C)(C)CC2)n1. The van der Waals surface area contributed by atoms with Crippen LogP contribution in [0.5, 0.6) is 0 Å². The van der Waals surface area contributed by atoms with Gasteiger partial charge in [0.05, 0.1) is 19.2 Å². The number of esters is 1. The average Bonchev–Trinajstić information content (AvgIpc) is 2.95. The molecule has 5 heteroatoms. The summed E-state index contributed by atoms with van der Waals surface area (Å²) in [7, 11) is 3.20. The lowest BCUT2D eigenvalue weighted by molar-refractivity contribution is -0.140. The van der Waals surface area contributed by atoms with Crippen LogP contribution in [0.4, 0.5) is 0 Å². The molecule has 21 heavy (non-hydrogen) atoms. The Hall–Kier alpha value is -0.940. The Morgan fingerprint density at radius 2 is 1.95 bits per heavy atom. The summed E-state index contributed by atoms with van der Waals surface area (Å²) in [5.41, 5.74) is 1.12. The quantitative estimate of drug-likeness (QED) is 0.778. The van der Waals surface area contributed by atoms with E-state index < -0.39 is 0 Å². The maximum atomic E-state index is 11.2. The van der Waals surface area contributed by atoms with Crippen molar-refractivity contribution in [2.45, 2.75) is 58.0 Å². The van der Waals surface area contributed by atoms with Gasteiger partial charge in [-0.05, 0) is 31.1 Å². The minimum Gasteiger partial charge on any atom is -0.469 e. The van der Waals surface area contributed by atoms with E-state index in [1.165, 1.54) is 7.11 Å². The van der Waals surface area contributed by atoms with Crippen molar-refractivity contribution in [2.24, 2.45) is 5.41 Å². The number of hydrogen-bond acceptors (Lipinski definition) is 5. The molecule has 2 rings (SSSR count). The van der Waals surface area contributed by atoms with Crippen molar-refractivity contribution < 1.29 is 14.3 Å². The Labute approximate surface area is 130 Å². The van der Waals surface area contributed by atoms with Crippen molar-refractivity contribution in [1.82, 2.24) is 4.98 Å². The zero-order valence-electron chi connectivity index (χ0n) is 13.4. The summed E-state index contributed by atoms with van der Waals surface area (Å²) >= 11 is 1.65. The maximum Gasteiger partial charge on any atom is 0.305 e. The first-order chi connectivity index (χ1) is 9.91. The zero-order chi connectivity index (χ0) is 15.5. The molecule has 0 N–H and O–H groups in total. The van der Waals surface area contributed by atoms with E-state index in [2.05, 4.69) is 18.6 Å². The van der Waals surface area contributed by atoms with E-state index in [-0.39, 0.29) is 11.6 Å². The number of carbonyl (C=O) groups is 1. The normalized spacial score (nSPS) is 20.2. The zero-order valence-corrected chi connectivity index (χ0v) is 14.2. The number of ether oxygens (including phenoxy) is 2. The van der Waals surface area contributed by atoms with Gasteiger partial charge >= 0.3 is 5.97 Å². The first-order valence-corrected chi connectivity index (χ1v) is 8.36. The number of aromatic nitrogens is 1. The standard InChI is InChI=1S/C16H25NO3S/c1-15(2)7-9-16(20-4,10-8-15)14-17-12(11-21-14)5-6-13(18)19-3/h11H,5-10H2,1-4H3. The third-order valence-electron chi connectivity index (χ3n) is 4.56. The number of hydrogen-bond donors (Lipinski definition) is 0. The number of rotatable bonds is 5. The summed E-state index contributed by atoms with van der Waals surface area (Å²) in [6, 6.07) is 0. The molecule has 4 nitrogen and oxygen atoms in total. The molecule has 0 unspecified atom stereocenters. The Bertz CT molecular complexity index is 485. The molecular weight excluding hydrogens is 286 g/mol. The summed E-state index contributed by atoms with van der Waals surface area (Å²) < 4.78 is 10.5. The highest BCUT2D eigenvalue weighted by Crippen LogP contribution is 2.47. The minimum atomic E-state index is -0.232. The second kappa shape index (κ2) is 6.44. The van der Waals surface area contributed by atoms with Crippen LogP contribution in [-0.2, 0) is 26.3 Å². The third kappa shape index (κ3) is 3.83. The van der Waals surface area contributed by atoms with Crippen LogP contribution in [0.3, 0.4) is 0 Å². The molecule has 118 valence electrons. The Balaban J connectivity index is 2.06. The Morgan fingerprint density at radius 3 is 2.52 bits per heavy atom. The lowest BCUT2D eigenvalue weighted by Gasteiger charge is -2.41. The number of methoxy groups -OCH3 is 2. The summed E-state index contributed by atoms with van der Waals surface area (Å²) in [5, 5.41) is 3.10. The van der Waals surface area contributed by atoms with Gasteiger partial charge in [-0.25, -0.2) is 4.98 Å². The summed E-state index contributed by atoms with van der Waals surface area (Å²) in [6.07, 6.45) is 5.35. The number of thiazole rings is 1. The molecule has 1 aliphatic carbocycles. The van der Waals surface area contributed by atoms with Crippen LogP contribution < -0.4 is 0 Å². The fourth-order valence-corrected chi connectivity index (χ4v) is 3.89. The lowest BCUT2D eigenvalue weighted by atomic mass is 9.71. The molecular formula is C16H25NO3S. The van der Waals surface area contributed by atoms with Gasteiger partial charge in [-0.1, -0.05) is 13.8 Å². The van der Waals surface area contributed by atoms with Crippen molar-refractivity contribution in [1.29, 1.82) is 0 Å². The van der Waals surface area contributed by atoms with Crippen molar-refractivity contribution in [3.05, 3.63) is 16.1 Å². The molecule has 1 aromatic heterocycles. The van der Waals surface area contributed by atoms with Crippen LogP contribution in [0.25, 0.3) is 0 Å². The molecule has 0 bridgehead atoms. The van der Waals surface area contributed by atoms with E-state index in [1.54, 1.807) is 18.4 Å². The number of aryl methyl sites for hydroxylation is 1. The molecule has 0 spiro atoms. The molecule has 0 saturated heterocycles. The van der Waals surface area contributed by atoms with Gasteiger partial charge in [-0.2, -0.15) is 0 Å². The van der Waals surface area contributed by atoms with Gasteiger partial charge < -0.3 is 9.47 Å². The largest absolute Gasteiger partial charge is 0.469 e. The lowest BCUT2D eigenvalue weighted by Crippen LogP contribution is -2.36. The number of carbonyl (C=O) groups excluding carboxylic acids is 1. The average molecular weight is 311 g/mol. The molecule has 1 fully saturated rings. The highest BCUT2D eigenvalue weighted by molar-refractivity contribution is 7.09. The van der Waals surface area contributed by atoms with Crippen LogP contribution in [0.2, 0.25) is 0 Å². The first kappa shape index (κ1) is 16.4. The minimum absolute atomic E-state index is 0.189. The van der Waals surface area contributed by atoms with Gasteiger partial charge in [0.25, 0.3) is 0 Å². The number of nitrogens with zero attached hydrogens (tertiary/aromatic N) is 1. The highest BCUT2D eigenvalue weighted by atomic mass is 32.1. The van der Waals surface area contributed by atoms with E-state index in [0.29, 0.717) is 18.3 Å². The van der Waals surface area contributed by atoms with E-state index in [9.17, 15) is 4.79 Å². The van der Waals surface area contributed by atoms with Crippen molar-refractivity contribution in [3.63, 3.8) is 0 Å². The second-order valence-corrected chi connectivity index (χ2v) is 7.44. The Morgan fingerprint density at radius 1 is 1.29 bits per heavy atom. The predicted molar refractivity (Wildman–Crippen MR) is 83.4 cm³/mol. The topological polar surface area (TPSA) is 48.4 Å². The van der Waals surface area contributed by atoms with E-state index >= 15 is 0 Å². The van der Waals surface area contributed by atoms with E-state index in [0.717, 1.165) is 36.4 Å². The molecule has 1 heterocycles. The van der Waals surface area contributed by atoms with Gasteiger partial charge in [0.2, 0.25) is 0 Å². The monoisotopic (exact) mass is 311 g/mol. The van der Waals surface area contributed by atoms with E-state index in [1.807, 2.05) is 5.38 Å². The van der Waals surface area contributed by atoms with Crippen LogP contribution in [0.15, 0.2) is 5.38 Å². The second-order valence-electron chi connectivity index (χ2n) is 6.58. The van der Waals surface area contributed by atoms with Crippen LogP contribution in [0.1, 0.15) is 56.7 Å². The van der Waals surface area contributed by atoms with Gasteiger partial charge in [-0.3, -0.25) is 4.79 Å².